The minimum absolute atomic E-state index is 0.0584. The van der Waals surface area contributed by atoms with Gasteiger partial charge in [-0.2, -0.15) is 0 Å². The third kappa shape index (κ3) is 4.57. The quantitative estimate of drug-likeness (QED) is 0.375. The summed E-state index contributed by atoms with van der Waals surface area (Å²) in [6.45, 7) is 0. The van der Waals surface area contributed by atoms with Crippen LogP contribution in [-0.4, -0.2) is 29.7 Å². The normalized spacial score (nSPS) is 14.8. The first-order valence-corrected chi connectivity index (χ1v) is 10.7. The number of ketones is 1. The van der Waals surface area contributed by atoms with Gasteiger partial charge in [0.1, 0.15) is 17.2 Å². The number of amidine groups is 1. The van der Waals surface area contributed by atoms with Gasteiger partial charge in [-0.25, -0.2) is 4.99 Å². The molecular weight excluding hydrogens is 436 g/mol. The van der Waals surface area contributed by atoms with Crippen molar-refractivity contribution >= 4 is 52.0 Å². The van der Waals surface area contributed by atoms with E-state index in [0.29, 0.717) is 33.0 Å². The van der Waals surface area contributed by atoms with E-state index in [1.807, 2.05) is 18.2 Å². The maximum atomic E-state index is 13.2. The Hall–Kier alpha value is -3.29. The lowest BCUT2D eigenvalue weighted by atomic mass is 10.2. The van der Waals surface area contributed by atoms with E-state index in [1.54, 1.807) is 48.5 Å². The Morgan fingerprint density at radius 1 is 1.19 bits per heavy atom. The molecule has 0 fully saturated rings. The number of halogens is 1. The highest BCUT2D eigenvalue weighted by molar-refractivity contribution is 8.14. The lowest BCUT2D eigenvalue weighted by Gasteiger charge is -2.18. The second-order valence-electron chi connectivity index (χ2n) is 6.48. The molecule has 0 N–H and O–H groups in total. The van der Waals surface area contributed by atoms with Gasteiger partial charge < -0.3 is 9.15 Å². The third-order valence-electron chi connectivity index (χ3n) is 4.47. The fourth-order valence-corrected chi connectivity index (χ4v) is 4.12. The summed E-state index contributed by atoms with van der Waals surface area (Å²) in [5.41, 5.74) is 1.33. The molecule has 0 atom stereocenters. The zero-order valence-corrected chi connectivity index (χ0v) is 18.0. The molecule has 0 saturated heterocycles. The van der Waals surface area contributed by atoms with Crippen LogP contribution >= 0.6 is 23.4 Å². The molecule has 2 heterocycles. The van der Waals surface area contributed by atoms with E-state index in [-0.39, 0.29) is 23.1 Å². The van der Waals surface area contributed by atoms with Crippen molar-refractivity contribution in [2.24, 2.45) is 4.99 Å². The van der Waals surface area contributed by atoms with Gasteiger partial charge in [0.15, 0.2) is 11.0 Å². The third-order valence-corrected chi connectivity index (χ3v) is 5.71. The van der Waals surface area contributed by atoms with E-state index >= 15 is 0 Å². The summed E-state index contributed by atoms with van der Waals surface area (Å²) in [6.07, 6.45) is 3.08. The van der Waals surface area contributed by atoms with Crippen LogP contribution in [0.15, 0.2) is 82.0 Å². The van der Waals surface area contributed by atoms with Gasteiger partial charge in [-0.1, -0.05) is 53.7 Å². The Morgan fingerprint density at radius 3 is 2.68 bits per heavy atom. The smallest absolute Gasteiger partial charge is 0.283 e. The van der Waals surface area contributed by atoms with Crippen molar-refractivity contribution in [2.75, 3.05) is 17.8 Å². The van der Waals surface area contributed by atoms with E-state index in [0.717, 1.165) is 0 Å². The number of anilines is 1. The van der Waals surface area contributed by atoms with Gasteiger partial charge in [0.25, 0.3) is 5.91 Å². The molecule has 0 spiro atoms. The Balaban J connectivity index is 1.64. The molecule has 0 radical (unpaired) electrons. The number of hydrogen-bond acceptors (Lipinski definition) is 6. The Kier molecular flexibility index (Phi) is 6.25. The summed E-state index contributed by atoms with van der Waals surface area (Å²) in [5, 5.41) is 0.745. The number of carbonyl (C=O) groups excluding carboxylic acids is 2. The number of hydrogen-bond donors (Lipinski definition) is 0. The van der Waals surface area contributed by atoms with Gasteiger partial charge in [-0.3, -0.25) is 14.5 Å². The fourth-order valence-electron chi connectivity index (χ4n) is 2.96. The summed E-state index contributed by atoms with van der Waals surface area (Å²) in [5.74, 6) is 0.731. The first-order chi connectivity index (χ1) is 15.1. The second kappa shape index (κ2) is 9.24. The van der Waals surface area contributed by atoms with Gasteiger partial charge in [-0.15, -0.1) is 0 Å². The van der Waals surface area contributed by atoms with E-state index in [2.05, 4.69) is 4.99 Å². The molecule has 4 rings (SSSR count). The summed E-state index contributed by atoms with van der Waals surface area (Å²) >= 11 is 7.45. The molecule has 1 amide bonds. The highest BCUT2D eigenvalue weighted by Gasteiger charge is 2.33. The molecule has 1 aliphatic heterocycles. The average Bonchev–Trinajstić information content (AvgIpc) is 3.41. The van der Waals surface area contributed by atoms with Crippen LogP contribution in [0.2, 0.25) is 5.02 Å². The van der Waals surface area contributed by atoms with Crippen molar-refractivity contribution in [3.8, 4) is 5.75 Å². The number of methoxy groups -OCH3 is 1. The Bertz CT molecular complexity index is 1170. The maximum Gasteiger partial charge on any atom is 0.283 e. The van der Waals surface area contributed by atoms with Crippen LogP contribution in [0.25, 0.3) is 6.08 Å². The molecule has 0 aliphatic carbocycles. The number of carbonyl (C=O) groups is 2. The van der Waals surface area contributed by atoms with Gasteiger partial charge in [0.2, 0.25) is 0 Å². The van der Waals surface area contributed by atoms with Crippen LogP contribution < -0.4 is 9.64 Å². The highest BCUT2D eigenvalue weighted by Crippen LogP contribution is 2.34. The van der Waals surface area contributed by atoms with Crippen LogP contribution in [0.1, 0.15) is 16.1 Å². The standard InChI is InChI=1S/C23H17ClN2O4S/c1-29-21-10-9-16(12-18(21)24)26-22(28)19(13-17-8-5-11-30-17)25-23(26)31-14-20(27)15-6-3-2-4-7-15/h2-13H,14H2,1H3/b19-13+. The molecule has 156 valence electrons. The molecule has 3 aromatic rings. The fraction of sp³-hybridized carbons (Fsp3) is 0.0870. The highest BCUT2D eigenvalue weighted by atomic mass is 35.5. The summed E-state index contributed by atoms with van der Waals surface area (Å²) < 4.78 is 10.5. The van der Waals surface area contributed by atoms with Gasteiger partial charge >= 0.3 is 0 Å². The number of rotatable bonds is 6. The maximum absolute atomic E-state index is 13.2. The number of furan rings is 1. The summed E-state index contributed by atoms with van der Waals surface area (Å²) in [6, 6.07) is 17.5. The lowest BCUT2D eigenvalue weighted by molar-refractivity contribution is -0.113. The molecular formula is C23H17ClN2O4S. The number of Topliss-reactive ketones (excluding diaryl/α,β-unsaturated/α-hetero) is 1. The Labute approximate surface area is 188 Å². The molecule has 8 heteroatoms. The topological polar surface area (TPSA) is 72.1 Å². The summed E-state index contributed by atoms with van der Waals surface area (Å²) in [7, 11) is 1.52. The minimum Gasteiger partial charge on any atom is -0.495 e. The zero-order valence-electron chi connectivity index (χ0n) is 16.4. The van der Waals surface area contributed by atoms with Crippen molar-refractivity contribution in [3.05, 3.63) is 89.0 Å². The van der Waals surface area contributed by atoms with E-state index in [4.69, 9.17) is 20.8 Å². The number of ether oxygens (including phenoxy) is 1. The largest absolute Gasteiger partial charge is 0.495 e. The summed E-state index contributed by atoms with van der Waals surface area (Å²) in [4.78, 5) is 31.6. The second-order valence-corrected chi connectivity index (χ2v) is 7.83. The van der Waals surface area contributed by atoms with E-state index < -0.39 is 0 Å². The number of benzene rings is 2. The van der Waals surface area contributed by atoms with Crippen molar-refractivity contribution in [1.29, 1.82) is 0 Å². The number of thioether (sulfide) groups is 1. The predicted octanol–water partition coefficient (Wildman–Crippen LogP) is 5.30. The Morgan fingerprint density at radius 2 is 2.00 bits per heavy atom. The predicted molar refractivity (Wildman–Crippen MR) is 123 cm³/mol. The van der Waals surface area contributed by atoms with Crippen molar-refractivity contribution < 1.29 is 18.7 Å². The molecule has 31 heavy (non-hydrogen) atoms. The van der Waals surface area contributed by atoms with Crippen LogP contribution in [0.4, 0.5) is 5.69 Å². The number of amides is 1. The first kappa shape index (κ1) is 21.0. The lowest BCUT2D eigenvalue weighted by Crippen LogP contribution is -2.30. The minimum atomic E-state index is -0.340. The number of aliphatic imine (C=N–C) groups is 1. The van der Waals surface area contributed by atoms with Crippen LogP contribution in [0, 0.1) is 0 Å². The molecule has 2 aromatic carbocycles. The van der Waals surface area contributed by atoms with Gasteiger partial charge in [0.05, 0.1) is 29.8 Å². The molecule has 1 aromatic heterocycles. The average molecular weight is 453 g/mol. The van der Waals surface area contributed by atoms with Crippen molar-refractivity contribution in [3.63, 3.8) is 0 Å². The zero-order chi connectivity index (χ0) is 21.8. The van der Waals surface area contributed by atoms with Crippen molar-refractivity contribution in [1.82, 2.24) is 0 Å². The van der Waals surface area contributed by atoms with E-state index in [1.165, 1.54) is 30.0 Å². The molecule has 0 unspecified atom stereocenters. The first-order valence-electron chi connectivity index (χ1n) is 9.30. The van der Waals surface area contributed by atoms with Crippen LogP contribution in [0.3, 0.4) is 0 Å². The van der Waals surface area contributed by atoms with Gasteiger partial charge in [0, 0.05) is 11.6 Å². The van der Waals surface area contributed by atoms with Crippen LogP contribution in [-0.2, 0) is 4.79 Å². The molecule has 6 nitrogen and oxygen atoms in total. The molecule has 1 aliphatic rings. The van der Waals surface area contributed by atoms with Gasteiger partial charge in [-0.05, 0) is 30.3 Å². The van der Waals surface area contributed by atoms with Crippen molar-refractivity contribution in [2.45, 2.75) is 0 Å². The number of nitrogens with zero attached hydrogens (tertiary/aromatic N) is 2. The molecule has 0 saturated carbocycles. The monoisotopic (exact) mass is 452 g/mol. The SMILES string of the molecule is COc1ccc(N2C(=O)/C(=C\c3ccco3)N=C2SCC(=O)c2ccccc2)cc1Cl. The molecule has 0 bridgehead atoms. The van der Waals surface area contributed by atoms with Crippen LogP contribution in [0.5, 0.6) is 5.75 Å². The van der Waals surface area contributed by atoms with E-state index in [9.17, 15) is 9.59 Å².